The van der Waals surface area contributed by atoms with Gasteiger partial charge in [0.2, 0.25) is 7.37 Å². The zero-order chi connectivity index (χ0) is 14.3. The van der Waals surface area contributed by atoms with Crippen molar-refractivity contribution in [2.75, 3.05) is 19.9 Å². The number of carbonyl (C=O) groups excluding carboxylic acids is 1. The first-order chi connectivity index (χ1) is 8.94. The molecule has 0 N–H and O–H groups in total. The monoisotopic (exact) mass is 282 g/mol. The lowest BCUT2D eigenvalue weighted by atomic mass is 9.98. The lowest BCUT2D eigenvalue weighted by molar-refractivity contribution is -0.120. The predicted octanol–water partition coefficient (Wildman–Crippen LogP) is 3.77. The van der Waals surface area contributed by atoms with Crippen molar-refractivity contribution in [2.45, 2.75) is 26.2 Å². The quantitative estimate of drug-likeness (QED) is 0.682. The number of benzene rings is 1. The molecule has 0 saturated carbocycles. The van der Waals surface area contributed by atoms with E-state index in [0.717, 1.165) is 19.3 Å². The highest BCUT2D eigenvalue weighted by Gasteiger charge is 2.22. The first-order valence-corrected chi connectivity index (χ1v) is 8.89. The van der Waals surface area contributed by atoms with E-state index >= 15 is 0 Å². The summed E-state index contributed by atoms with van der Waals surface area (Å²) >= 11 is 0. The maximum absolute atomic E-state index is 11.9. The average Bonchev–Trinajstić information content (AvgIpc) is 2.39. The Morgan fingerprint density at radius 1 is 1.32 bits per heavy atom. The number of ketones is 1. The highest BCUT2D eigenvalue weighted by atomic mass is 31.2. The molecule has 0 saturated heterocycles. The van der Waals surface area contributed by atoms with Crippen LogP contribution in [0.3, 0.4) is 0 Å². The molecular formula is C15H23O3P. The Morgan fingerprint density at radius 2 is 1.95 bits per heavy atom. The summed E-state index contributed by atoms with van der Waals surface area (Å²) in [4.78, 5) is 11.9. The topological polar surface area (TPSA) is 43.4 Å². The van der Waals surface area contributed by atoms with E-state index in [0.29, 0.717) is 0 Å². The van der Waals surface area contributed by atoms with Crippen LogP contribution in [0.25, 0.3) is 0 Å². The number of rotatable bonds is 8. The molecule has 0 aromatic heterocycles. The summed E-state index contributed by atoms with van der Waals surface area (Å²) in [6.07, 6.45) is 2.83. The second kappa shape index (κ2) is 7.62. The fraction of sp³-hybridized carbons (Fsp3) is 0.533. The second-order valence-corrected chi connectivity index (χ2v) is 7.81. The Morgan fingerprint density at radius 3 is 2.53 bits per heavy atom. The van der Waals surface area contributed by atoms with E-state index in [1.165, 1.54) is 19.3 Å². The van der Waals surface area contributed by atoms with Gasteiger partial charge in [-0.05, 0) is 24.8 Å². The third-order valence-electron chi connectivity index (χ3n) is 3.32. The van der Waals surface area contributed by atoms with Crippen molar-refractivity contribution < 1.29 is 13.9 Å². The minimum absolute atomic E-state index is 0.0424. The molecule has 0 aliphatic heterocycles. The molecule has 0 bridgehead atoms. The lowest BCUT2D eigenvalue weighted by Crippen LogP contribution is -2.16. The maximum atomic E-state index is 11.9. The Balaban J connectivity index is 2.33. The van der Waals surface area contributed by atoms with E-state index in [2.05, 4.69) is 12.1 Å². The van der Waals surface area contributed by atoms with E-state index in [9.17, 15) is 9.36 Å². The second-order valence-electron chi connectivity index (χ2n) is 5.10. The largest absolute Gasteiger partial charge is 0.332 e. The predicted molar refractivity (Wildman–Crippen MR) is 79.0 cm³/mol. The number of carbonyl (C=O) groups is 1. The summed E-state index contributed by atoms with van der Waals surface area (Å²) in [5, 5.41) is 0. The van der Waals surface area contributed by atoms with Gasteiger partial charge in [0.15, 0.2) is 0 Å². The smallest absolute Gasteiger partial charge is 0.207 e. The van der Waals surface area contributed by atoms with Crippen molar-refractivity contribution in [3.63, 3.8) is 0 Å². The average molecular weight is 282 g/mol. The molecule has 1 aromatic carbocycles. The molecular weight excluding hydrogens is 259 g/mol. The van der Waals surface area contributed by atoms with Crippen LogP contribution in [0, 0.1) is 5.92 Å². The van der Waals surface area contributed by atoms with Crippen LogP contribution < -0.4 is 0 Å². The van der Waals surface area contributed by atoms with E-state index < -0.39 is 7.37 Å². The number of hydrogen-bond donors (Lipinski definition) is 0. The van der Waals surface area contributed by atoms with E-state index in [-0.39, 0.29) is 17.9 Å². The maximum Gasteiger partial charge on any atom is 0.207 e. The molecule has 4 heteroatoms. The minimum Gasteiger partial charge on any atom is -0.332 e. The highest BCUT2D eigenvalue weighted by molar-refractivity contribution is 7.59. The van der Waals surface area contributed by atoms with Gasteiger partial charge in [-0.25, -0.2) is 0 Å². The normalized spacial score (nSPS) is 15.7. The molecule has 0 heterocycles. The molecule has 0 aliphatic rings. The van der Waals surface area contributed by atoms with Crippen LogP contribution in [0.4, 0.5) is 0 Å². The summed E-state index contributed by atoms with van der Waals surface area (Å²) in [6, 6.07) is 10.2. The molecule has 0 spiro atoms. The Hall–Kier alpha value is -0.920. The van der Waals surface area contributed by atoms with Crippen molar-refractivity contribution in [1.29, 1.82) is 0 Å². The summed E-state index contributed by atoms with van der Waals surface area (Å²) in [6.45, 7) is 3.42. The summed E-state index contributed by atoms with van der Waals surface area (Å²) in [5.74, 6) is -0.00659. The zero-order valence-electron chi connectivity index (χ0n) is 12.0. The number of hydrogen-bond acceptors (Lipinski definition) is 3. The molecule has 0 radical (unpaired) electrons. The van der Waals surface area contributed by atoms with Crippen molar-refractivity contribution in [2.24, 2.45) is 5.92 Å². The van der Waals surface area contributed by atoms with Crippen LogP contribution in [0.15, 0.2) is 30.3 Å². The SMILES string of the molecule is COP(C)(=O)CC(=O)[C@@H](C)CCCc1ccccc1. The van der Waals surface area contributed by atoms with Crippen molar-refractivity contribution in [3.05, 3.63) is 35.9 Å². The molecule has 1 unspecified atom stereocenters. The molecule has 3 nitrogen and oxygen atoms in total. The van der Waals surface area contributed by atoms with E-state index in [1.54, 1.807) is 0 Å². The van der Waals surface area contributed by atoms with Gasteiger partial charge in [-0.2, -0.15) is 0 Å². The van der Waals surface area contributed by atoms with Crippen LogP contribution >= 0.6 is 7.37 Å². The van der Waals surface area contributed by atoms with Gasteiger partial charge in [-0.1, -0.05) is 37.3 Å². The van der Waals surface area contributed by atoms with E-state index in [4.69, 9.17) is 4.52 Å². The highest BCUT2D eigenvalue weighted by Crippen LogP contribution is 2.41. The molecule has 19 heavy (non-hydrogen) atoms. The first-order valence-electron chi connectivity index (χ1n) is 6.63. The third kappa shape index (κ3) is 6.17. The van der Waals surface area contributed by atoms with E-state index in [1.807, 2.05) is 25.1 Å². The van der Waals surface area contributed by atoms with Crippen LogP contribution in [0.1, 0.15) is 25.3 Å². The number of aryl methyl sites for hydroxylation is 1. The van der Waals surface area contributed by atoms with Gasteiger partial charge in [-0.3, -0.25) is 9.36 Å². The van der Waals surface area contributed by atoms with Crippen LogP contribution in [-0.2, 0) is 20.3 Å². The Bertz CT molecular complexity index is 442. The summed E-state index contributed by atoms with van der Waals surface area (Å²) < 4.78 is 16.6. The lowest BCUT2D eigenvalue weighted by Gasteiger charge is -2.14. The Labute approximate surface area is 115 Å². The van der Waals surface area contributed by atoms with Gasteiger partial charge in [0.05, 0.1) is 6.16 Å². The molecule has 0 fully saturated rings. The van der Waals surface area contributed by atoms with Crippen LogP contribution in [0.2, 0.25) is 0 Å². The number of Topliss-reactive ketones (excluding diaryl/α,β-unsaturated/α-hetero) is 1. The van der Waals surface area contributed by atoms with Gasteiger partial charge in [0.1, 0.15) is 5.78 Å². The molecule has 2 atom stereocenters. The Kier molecular flexibility index (Phi) is 6.47. The molecule has 106 valence electrons. The van der Waals surface area contributed by atoms with Gasteiger partial charge >= 0.3 is 0 Å². The van der Waals surface area contributed by atoms with Crippen LogP contribution in [0.5, 0.6) is 0 Å². The zero-order valence-corrected chi connectivity index (χ0v) is 12.9. The summed E-state index contributed by atoms with van der Waals surface area (Å²) in [7, 11) is -1.33. The molecule has 1 aromatic rings. The van der Waals surface area contributed by atoms with Gasteiger partial charge in [0.25, 0.3) is 0 Å². The third-order valence-corrected chi connectivity index (χ3v) is 4.98. The molecule has 0 aliphatic carbocycles. The van der Waals surface area contributed by atoms with Gasteiger partial charge in [0, 0.05) is 19.7 Å². The van der Waals surface area contributed by atoms with Gasteiger partial charge < -0.3 is 4.52 Å². The van der Waals surface area contributed by atoms with Crippen molar-refractivity contribution >= 4 is 13.2 Å². The standard InChI is InChI=1S/C15H23O3P/c1-13(15(16)12-19(3,17)18-2)8-7-11-14-9-5-4-6-10-14/h4-6,9-10,13H,7-8,11-12H2,1-3H3/t13-,19?/m0/s1. The van der Waals surface area contributed by atoms with Crippen LogP contribution in [-0.4, -0.2) is 25.7 Å². The fourth-order valence-corrected chi connectivity index (χ4v) is 2.93. The fourth-order valence-electron chi connectivity index (χ4n) is 1.92. The minimum atomic E-state index is -2.72. The van der Waals surface area contributed by atoms with Gasteiger partial charge in [-0.15, -0.1) is 0 Å². The van der Waals surface area contributed by atoms with Crippen molar-refractivity contribution in [1.82, 2.24) is 0 Å². The summed E-state index contributed by atoms with van der Waals surface area (Å²) in [5.41, 5.74) is 1.29. The van der Waals surface area contributed by atoms with Crippen molar-refractivity contribution in [3.8, 4) is 0 Å². The molecule has 1 rings (SSSR count). The molecule has 0 amide bonds. The first kappa shape index (κ1) is 16.1.